The van der Waals surface area contributed by atoms with E-state index in [1.165, 1.54) is 0 Å². The molecule has 1 heterocycles. The minimum Gasteiger partial charge on any atom is -0.481 e. The molecule has 20 heavy (non-hydrogen) atoms. The summed E-state index contributed by atoms with van der Waals surface area (Å²) < 4.78 is 0. The molecule has 1 aliphatic carbocycles. The van der Waals surface area contributed by atoms with Crippen LogP contribution in [-0.2, 0) is 4.79 Å². The molecule has 1 fully saturated rings. The average Bonchev–Trinajstić information content (AvgIpc) is 2.72. The van der Waals surface area contributed by atoms with E-state index in [-0.39, 0.29) is 0 Å². The van der Waals surface area contributed by atoms with Crippen LogP contribution < -0.4 is 5.32 Å². The summed E-state index contributed by atoms with van der Waals surface area (Å²) in [5.74, 6) is -0.169. The third-order valence-electron chi connectivity index (χ3n) is 3.99. The first-order valence-electron chi connectivity index (χ1n) is 7.01. The molecule has 0 unspecified atom stereocenters. The van der Waals surface area contributed by atoms with Gasteiger partial charge >= 0.3 is 5.97 Å². The molecule has 106 valence electrons. The lowest BCUT2D eigenvalue weighted by molar-refractivity contribution is -0.149. The Kier molecular flexibility index (Phi) is 4.57. The maximum absolute atomic E-state index is 11.7. The summed E-state index contributed by atoms with van der Waals surface area (Å²) in [7, 11) is 0. The molecule has 0 amide bonds. The third kappa shape index (κ3) is 3.27. The monoisotopic (exact) mass is 273 g/mol. The Hall–Kier alpha value is -2.09. The Bertz CT molecular complexity index is 514. The van der Waals surface area contributed by atoms with Crippen LogP contribution in [0.25, 0.3) is 0 Å². The highest BCUT2D eigenvalue weighted by Gasteiger charge is 2.38. The van der Waals surface area contributed by atoms with Crippen molar-refractivity contribution in [3.8, 4) is 6.07 Å². The molecule has 0 spiro atoms. The number of pyridine rings is 1. The van der Waals surface area contributed by atoms with Crippen LogP contribution in [-0.4, -0.2) is 22.6 Å². The maximum Gasteiger partial charge on any atom is 0.311 e. The predicted octanol–water partition coefficient (Wildman–Crippen LogP) is 2.79. The summed E-state index contributed by atoms with van der Waals surface area (Å²) in [5.41, 5.74) is -0.374. The topological polar surface area (TPSA) is 86.0 Å². The van der Waals surface area contributed by atoms with E-state index in [1.54, 1.807) is 18.2 Å². The molecule has 1 aromatic rings. The zero-order chi connectivity index (χ0) is 14.4. The molecule has 5 heteroatoms. The Balaban J connectivity index is 2.08. The van der Waals surface area contributed by atoms with Gasteiger partial charge in [0.25, 0.3) is 0 Å². The zero-order valence-corrected chi connectivity index (χ0v) is 11.4. The van der Waals surface area contributed by atoms with Crippen LogP contribution in [0.2, 0.25) is 0 Å². The fraction of sp³-hybridized carbons (Fsp3) is 0.533. The molecule has 0 saturated heterocycles. The number of anilines is 1. The summed E-state index contributed by atoms with van der Waals surface area (Å²) in [6.07, 6.45) is 5.54. The van der Waals surface area contributed by atoms with E-state index in [4.69, 9.17) is 5.26 Å². The molecule has 1 aromatic heterocycles. The number of carbonyl (C=O) groups is 1. The van der Waals surface area contributed by atoms with E-state index in [0.717, 1.165) is 25.7 Å². The van der Waals surface area contributed by atoms with E-state index in [9.17, 15) is 9.90 Å². The number of aliphatic carboxylic acids is 1. The number of hydrogen-bond donors (Lipinski definition) is 2. The largest absolute Gasteiger partial charge is 0.481 e. The predicted molar refractivity (Wildman–Crippen MR) is 75.2 cm³/mol. The van der Waals surface area contributed by atoms with Crippen LogP contribution in [0.15, 0.2) is 18.2 Å². The van der Waals surface area contributed by atoms with Gasteiger partial charge < -0.3 is 10.4 Å². The van der Waals surface area contributed by atoms with Gasteiger partial charge in [0.05, 0.1) is 5.41 Å². The molecule has 5 nitrogen and oxygen atoms in total. The van der Waals surface area contributed by atoms with E-state index in [0.29, 0.717) is 30.9 Å². The number of nitriles is 1. The van der Waals surface area contributed by atoms with Crippen molar-refractivity contribution in [2.45, 2.75) is 38.5 Å². The Morgan fingerprint density at radius 3 is 2.65 bits per heavy atom. The lowest BCUT2D eigenvalue weighted by Gasteiger charge is -2.28. The highest BCUT2D eigenvalue weighted by atomic mass is 16.4. The second-order valence-corrected chi connectivity index (χ2v) is 5.37. The van der Waals surface area contributed by atoms with E-state index in [2.05, 4.69) is 10.3 Å². The van der Waals surface area contributed by atoms with Gasteiger partial charge in [-0.2, -0.15) is 5.26 Å². The summed E-state index contributed by atoms with van der Waals surface area (Å²) in [4.78, 5) is 15.8. The number of nitrogens with one attached hydrogen (secondary N) is 1. The van der Waals surface area contributed by atoms with Crippen LogP contribution >= 0.6 is 0 Å². The fourth-order valence-electron chi connectivity index (χ4n) is 2.73. The van der Waals surface area contributed by atoms with E-state index >= 15 is 0 Å². The van der Waals surface area contributed by atoms with Gasteiger partial charge in [0.1, 0.15) is 17.6 Å². The minimum atomic E-state index is -0.733. The van der Waals surface area contributed by atoms with Gasteiger partial charge in [-0.15, -0.1) is 0 Å². The van der Waals surface area contributed by atoms with Crippen LogP contribution in [0.4, 0.5) is 5.82 Å². The average molecular weight is 273 g/mol. The Morgan fingerprint density at radius 1 is 1.35 bits per heavy atom. The fourth-order valence-corrected chi connectivity index (χ4v) is 2.73. The lowest BCUT2D eigenvalue weighted by Crippen LogP contribution is -2.37. The van der Waals surface area contributed by atoms with E-state index < -0.39 is 11.4 Å². The number of aromatic nitrogens is 1. The highest BCUT2D eigenvalue weighted by Crippen LogP contribution is 2.35. The summed E-state index contributed by atoms with van der Waals surface area (Å²) in [5, 5.41) is 21.5. The van der Waals surface area contributed by atoms with Crippen molar-refractivity contribution in [1.82, 2.24) is 4.98 Å². The van der Waals surface area contributed by atoms with Crippen molar-refractivity contribution in [2.24, 2.45) is 5.41 Å². The van der Waals surface area contributed by atoms with Gasteiger partial charge in [-0.25, -0.2) is 4.98 Å². The van der Waals surface area contributed by atoms with Crippen LogP contribution in [0.5, 0.6) is 0 Å². The SMILES string of the molecule is N#Cc1cccc(NCC2(C(=O)O)CCCCCC2)n1. The molecule has 0 aromatic carbocycles. The van der Waals surface area contributed by atoms with Crippen molar-refractivity contribution in [1.29, 1.82) is 5.26 Å². The number of hydrogen-bond acceptors (Lipinski definition) is 4. The van der Waals surface area contributed by atoms with Crippen LogP contribution in [0.1, 0.15) is 44.2 Å². The molecule has 1 aliphatic rings. The lowest BCUT2D eigenvalue weighted by atomic mass is 9.80. The maximum atomic E-state index is 11.7. The molecule has 0 aliphatic heterocycles. The molecule has 0 radical (unpaired) electrons. The highest BCUT2D eigenvalue weighted by molar-refractivity contribution is 5.75. The van der Waals surface area contributed by atoms with Crippen LogP contribution in [0.3, 0.4) is 0 Å². The molecular weight excluding hydrogens is 254 g/mol. The van der Waals surface area contributed by atoms with E-state index in [1.807, 2.05) is 6.07 Å². The van der Waals surface area contributed by atoms with Gasteiger partial charge in [0.2, 0.25) is 0 Å². The quantitative estimate of drug-likeness (QED) is 0.824. The van der Waals surface area contributed by atoms with Crippen molar-refractivity contribution < 1.29 is 9.90 Å². The number of rotatable bonds is 4. The van der Waals surface area contributed by atoms with Gasteiger partial charge in [-0.05, 0) is 25.0 Å². The normalized spacial score (nSPS) is 17.8. The Labute approximate surface area is 118 Å². The first-order chi connectivity index (χ1) is 9.66. The summed E-state index contributed by atoms with van der Waals surface area (Å²) in [6, 6.07) is 7.11. The standard InChI is InChI=1S/C15H19N3O2/c16-10-12-6-5-7-13(18-12)17-11-15(14(19)20)8-3-1-2-4-9-15/h5-7H,1-4,8-9,11H2,(H,17,18)(H,19,20). The molecule has 1 saturated carbocycles. The zero-order valence-electron chi connectivity index (χ0n) is 11.4. The van der Waals surface area contributed by atoms with Gasteiger partial charge in [0.15, 0.2) is 0 Å². The van der Waals surface area contributed by atoms with Crippen molar-refractivity contribution in [3.63, 3.8) is 0 Å². The molecule has 2 N–H and O–H groups in total. The first-order valence-corrected chi connectivity index (χ1v) is 7.01. The minimum absolute atomic E-state index is 0.334. The van der Waals surface area contributed by atoms with Crippen molar-refractivity contribution in [3.05, 3.63) is 23.9 Å². The second kappa shape index (κ2) is 6.38. The molecule has 0 atom stereocenters. The Morgan fingerprint density at radius 2 is 2.05 bits per heavy atom. The third-order valence-corrected chi connectivity index (χ3v) is 3.99. The van der Waals surface area contributed by atoms with Gasteiger partial charge in [-0.1, -0.05) is 31.7 Å². The molecule has 0 bridgehead atoms. The second-order valence-electron chi connectivity index (χ2n) is 5.37. The number of carboxylic acid groups (broad SMARTS) is 1. The van der Waals surface area contributed by atoms with Crippen LogP contribution in [0, 0.1) is 16.7 Å². The van der Waals surface area contributed by atoms with Gasteiger partial charge in [-0.3, -0.25) is 4.79 Å². The van der Waals surface area contributed by atoms with Crippen molar-refractivity contribution in [2.75, 3.05) is 11.9 Å². The first kappa shape index (κ1) is 14.3. The number of carboxylic acids is 1. The molecule has 2 rings (SSSR count). The van der Waals surface area contributed by atoms with Gasteiger partial charge in [0, 0.05) is 6.54 Å². The molecular formula is C15H19N3O2. The number of nitrogens with zero attached hydrogens (tertiary/aromatic N) is 2. The van der Waals surface area contributed by atoms with Crippen molar-refractivity contribution >= 4 is 11.8 Å². The summed E-state index contributed by atoms with van der Waals surface area (Å²) >= 11 is 0. The summed E-state index contributed by atoms with van der Waals surface area (Å²) in [6.45, 7) is 0.365. The smallest absolute Gasteiger partial charge is 0.311 e.